The lowest BCUT2D eigenvalue weighted by molar-refractivity contribution is 0.0519. The minimum atomic E-state index is -3.66. The molecular formula is C14H20N2O4S. The molecule has 1 aliphatic rings. The Labute approximate surface area is 124 Å². The SMILES string of the molecule is CCOC(=O)c1[nH]c(C)c(S(=O)(=O)NC2CC=CC2)c1C. The van der Waals surface area contributed by atoms with Gasteiger partial charge in [0.15, 0.2) is 0 Å². The van der Waals surface area contributed by atoms with E-state index in [4.69, 9.17) is 4.74 Å². The first-order valence-electron chi connectivity index (χ1n) is 6.90. The third-order valence-electron chi connectivity index (χ3n) is 3.45. The molecule has 0 unspecified atom stereocenters. The van der Waals surface area contributed by atoms with Crippen molar-refractivity contribution in [1.82, 2.24) is 9.71 Å². The van der Waals surface area contributed by atoms with Crippen LogP contribution < -0.4 is 4.72 Å². The van der Waals surface area contributed by atoms with Crippen molar-refractivity contribution in [2.24, 2.45) is 0 Å². The number of sulfonamides is 1. The van der Waals surface area contributed by atoms with E-state index in [-0.39, 0.29) is 23.2 Å². The number of aryl methyl sites for hydroxylation is 1. The minimum absolute atomic E-state index is 0.116. The van der Waals surface area contributed by atoms with E-state index < -0.39 is 16.0 Å². The molecule has 1 aromatic rings. The quantitative estimate of drug-likeness (QED) is 0.641. The van der Waals surface area contributed by atoms with E-state index >= 15 is 0 Å². The molecule has 0 fully saturated rings. The van der Waals surface area contributed by atoms with Gasteiger partial charge in [0.25, 0.3) is 0 Å². The Bertz CT molecular complexity index is 665. The number of carbonyl (C=O) groups is 1. The van der Waals surface area contributed by atoms with Gasteiger partial charge >= 0.3 is 5.97 Å². The maximum atomic E-state index is 12.5. The highest BCUT2D eigenvalue weighted by Gasteiger charge is 2.29. The van der Waals surface area contributed by atoms with Gasteiger partial charge in [-0.1, -0.05) is 12.2 Å². The summed E-state index contributed by atoms with van der Waals surface area (Å²) in [5.74, 6) is -0.540. The van der Waals surface area contributed by atoms with Gasteiger partial charge in [-0.05, 0) is 33.6 Å². The molecule has 0 saturated carbocycles. The van der Waals surface area contributed by atoms with Gasteiger partial charge < -0.3 is 9.72 Å². The largest absolute Gasteiger partial charge is 0.461 e. The molecule has 7 heteroatoms. The number of aromatic amines is 1. The van der Waals surface area contributed by atoms with Gasteiger partial charge in [0.2, 0.25) is 10.0 Å². The van der Waals surface area contributed by atoms with Crippen molar-refractivity contribution in [3.63, 3.8) is 0 Å². The molecule has 0 bridgehead atoms. The average molecular weight is 312 g/mol. The molecule has 1 aliphatic carbocycles. The lowest BCUT2D eigenvalue weighted by Gasteiger charge is -2.13. The minimum Gasteiger partial charge on any atom is -0.461 e. The number of esters is 1. The molecule has 0 aliphatic heterocycles. The summed E-state index contributed by atoms with van der Waals surface area (Å²) in [6.45, 7) is 5.19. The van der Waals surface area contributed by atoms with Crippen LogP contribution in [0, 0.1) is 13.8 Å². The number of ether oxygens (including phenoxy) is 1. The van der Waals surface area contributed by atoms with Gasteiger partial charge in [0.1, 0.15) is 10.6 Å². The number of rotatable bonds is 5. The van der Waals surface area contributed by atoms with Crippen molar-refractivity contribution in [1.29, 1.82) is 0 Å². The first-order chi connectivity index (χ1) is 9.86. The molecule has 1 heterocycles. The summed E-state index contributed by atoms with van der Waals surface area (Å²) in [4.78, 5) is 14.8. The van der Waals surface area contributed by atoms with E-state index in [1.165, 1.54) is 0 Å². The Balaban J connectivity index is 2.32. The first kappa shape index (κ1) is 15.8. The highest BCUT2D eigenvalue weighted by Crippen LogP contribution is 2.25. The molecule has 0 spiro atoms. The smallest absolute Gasteiger partial charge is 0.355 e. The molecule has 21 heavy (non-hydrogen) atoms. The molecular weight excluding hydrogens is 292 g/mol. The fourth-order valence-electron chi connectivity index (χ4n) is 2.54. The van der Waals surface area contributed by atoms with Gasteiger partial charge in [0, 0.05) is 17.3 Å². The van der Waals surface area contributed by atoms with Gasteiger partial charge in [-0.3, -0.25) is 0 Å². The molecule has 116 valence electrons. The summed E-state index contributed by atoms with van der Waals surface area (Å²) in [6.07, 6.45) is 5.28. The second-order valence-electron chi connectivity index (χ2n) is 5.06. The van der Waals surface area contributed by atoms with Crippen molar-refractivity contribution >= 4 is 16.0 Å². The number of hydrogen-bond acceptors (Lipinski definition) is 4. The summed E-state index contributed by atoms with van der Waals surface area (Å²) < 4.78 is 32.6. The van der Waals surface area contributed by atoms with Crippen LogP contribution in [0.2, 0.25) is 0 Å². The summed E-state index contributed by atoms with van der Waals surface area (Å²) >= 11 is 0. The van der Waals surface area contributed by atoms with Crippen LogP contribution in [0.15, 0.2) is 17.0 Å². The zero-order valence-electron chi connectivity index (χ0n) is 12.4. The maximum absolute atomic E-state index is 12.5. The fraction of sp³-hybridized carbons (Fsp3) is 0.500. The van der Waals surface area contributed by atoms with Crippen LogP contribution in [-0.2, 0) is 14.8 Å². The highest BCUT2D eigenvalue weighted by atomic mass is 32.2. The summed E-state index contributed by atoms with van der Waals surface area (Å²) in [5, 5.41) is 0. The van der Waals surface area contributed by atoms with Crippen molar-refractivity contribution in [2.75, 3.05) is 6.61 Å². The van der Waals surface area contributed by atoms with Crippen molar-refractivity contribution in [2.45, 2.75) is 44.6 Å². The summed E-state index contributed by atoms with van der Waals surface area (Å²) in [6, 6.07) is -0.116. The molecule has 6 nitrogen and oxygen atoms in total. The number of nitrogens with one attached hydrogen (secondary N) is 2. The third-order valence-corrected chi connectivity index (χ3v) is 5.24. The normalized spacial score (nSPS) is 15.6. The predicted molar refractivity (Wildman–Crippen MR) is 78.7 cm³/mol. The summed E-state index contributed by atoms with van der Waals surface area (Å²) in [7, 11) is -3.66. The lowest BCUT2D eigenvalue weighted by Crippen LogP contribution is -2.33. The Kier molecular flexibility index (Phi) is 4.53. The Morgan fingerprint density at radius 2 is 2.00 bits per heavy atom. The van der Waals surface area contributed by atoms with E-state index in [1.807, 2.05) is 12.2 Å². The molecule has 2 rings (SSSR count). The number of aromatic nitrogens is 1. The monoisotopic (exact) mass is 312 g/mol. The maximum Gasteiger partial charge on any atom is 0.355 e. The zero-order chi connectivity index (χ0) is 15.6. The second kappa shape index (κ2) is 6.03. The summed E-state index contributed by atoms with van der Waals surface area (Å²) in [5.41, 5.74) is 1.03. The number of hydrogen-bond donors (Lipinski definition) is 2. The molecule has 0 radical (unpaired) electrons. The van der Waals surface area contributed by atoms with Crippen LogP contribution in [0.1, 0.15) is 41.5 Å². The fourth-order valence-corrected chi connectivity index (χ4v) is 4.24. The van der Waals surface area contributed by atoms with E-state index in [0.29, 0.717) is 24.1 Å². The van der Waals surface area contributed by atoms with Crippen LogP contribution in [0.5, 0.6) is 0 Å². The standard InChI is InChI=1S/C14H20N2O4S/c1-4-20-14(17)12-9(2)13(10(3)15-12)21(18,19)16-11-7-5-6-8-11/h5-6,11,15-16H,4,7-8H2,1-3H3. The average Bonchev–Trinajstić information content (AvgIpc) is 2.97. The van der Waals surface area contributed by atoms with Crippen molar-refractivity contribution in [3.8, 4) is 0 Å². The first-order valence-corrected chi connectivity index (χ1v) is 8.38. The molecule has 0 atom stereocenters. The predicted octanol–water partition coefficient (Wildman–Crippen LogP) is 1.81. The third kappa shape index (κ3) is 3.19. The van der Waals surface area contributed by atoms with Gasteiger partial charge in [-0.25, -0.2) is 17.9 Å². The Morgan fingerprint density at radius 3 is 2.57 bits per heavy atom. The van der Waals surface area contributed by atoms with Crippen LogP contribution in [-0.4, -0.2) is 32.0 Å². The van der Waals surface area contributed by atoms with E-state index in [9.17, 15) is 13.2 Å². The van der Waals surface area contributed by atoms with Gasteiger partial charge in [0.05, 0.1) is 6.61 Å². The Hall–Kier alpha value is -1.60. The number of carbonyl (C=O) groups excluding carboxylic acids is 1. The van der Waals surface area contributed by atoms with E-state index in [0.717, 1.165) is 0 Å². The van der Waals surface area contributed by atoms with Crippen LogP contribution >= 0.6 is 0 Å². The highest BCUT2D eigenvalue weighted by molar-refractivity contribution is 7.89. The topological polar surface area (TPSA) is 88.3 Å². The molecule has 2 N–H and O–H groups in total. The Morgan fingerprint density at radius 1 is 1.38 bits per heavy atom. The second-order valence-corrected chi connectivity index (χ2v) is 6.71. The molecule has 0 saturated heterocycles. The van der Waals surface area contributed by atoms with Crippen molar-refractivity contribution in [3.05, 3.63) is 29.1 Å². The van der Waals surface area contributed by atoms with Crippen LogP contribution in [0.4, 0.5) is 0 Å². The van der Waals surface area contributed by atoms with Gasteiger partial charge in [-0.15, -0.1) is 0 Å². The van der Waals surface area contributed by atoms with Crippen LogP contribution in [0.3, 0.4) is 0 Å². The van der Waals surface area contributed by atoms with Crippen LogP contribution in [0.25, 0.3) is 0 Å². The lowest BCUT2D eigenvalue weighted by atomic mass is 10.2. The van der Waals surface area contributed by atoms with Gasteiger partial charge in [-0.2, -0.15) is 0 Å². The molecule has 1 aromatic heterocycles. The van der Waals surface area contributed by atoms with E-state index in [1.54, 1.807) is 20.8 Å². The van der Waals surface area contributed by atoms with Crippen molar-refractivity contribution < 1.29 is 17.9 Å². The molecule has 0 amide bonds. The van der Waals surface area contributed by atoms with E-state index in [2.05, 4.69) is 9.71 Å². The zero-order valence-corrected chi connectivity index (χ0v) is 13.2. The number of H-pyrrole nitrogens is 1. The molecule has 0 aromatic carbocycles.